The van der Waals surface area contributed by atoms with Gasteiger partial charge in [0, 0.05) is 18.1 Å². The smallest absolute Gasteiger partial charge is 0.331 e. The molecule has 0 bridgehead atoms. The Hall–Kier alpha value is -2.53. The van der Waals surface area contributed by atoms with Crippen molar-refractivity contribution in [2.24, 2.45) is 0 Å². The van der Waals surface area contributed by atoms with Crippen molar-refractivity contribution in [1.29, 1.82) is 0 Å². The molecule has 0 aromatic heterocycles. The Balaban J connectivity index is 2.83. The van der Waals surface area contributed by atoms with Crippen LogP contribution in [0.3, 0.4) is 0 Å². The van der Waals surface area contributed by atoms with Gasteiger partial charge in [-0.2, -0.15) is 0 Å². The van der Waals surface area contributed by atoms with Crippen LogP contribution in [0.2, 0.25) is 0 Å². The summed E-state index contributed by atoms with van der Waals surface area (Å²) in [6.07, 6.45) is 4.02. The van der Waals surface area contributed by atoms with Gasteiger partial charge in [-0.25, -0.2) is 4.79 Å². The molecule has 0 atom stereocenters. The molecule has 0 amide bonds. The van der Waals surface area contributed by atoms with Crippen LogP contribution >= 0.6 is 0 Å². The molecule has 26 heavy (non-hydrogen) atoms. The van der Waals surface area contributed by atoms with Gasteiger partial charge in [0.1, 0.15) is 0 Å². The molecule has 2 aromatic carbocycles. The molecule has 5 heteroatoms. The zero-order chi connectivity index (χ0) is 19.1. The Morgan fingerprint density at radius 2 is 2.00 bits per heavy atom. The van der Waals surface area contributed by atoms with Gasteiger partial charge in [0.05, 0.1) is 7.11 Å². The van der Waals surface area contributed by atoms with Crippen molar-refractivity contribution in [1.82, 2.24) is 0 Å². The predicted molar refractivity (Wildman–Crippen MR) is 103 cm³/mol. The average molecular weight is 358 g/mol. The number of methoxy groups -OCH3 is 2. The minimum atomic E-state index is -0.913. The first-order chi connectivity index (χ1) is 12.6. The number of hydrogen-bond acceptors (Lipinski definition) is 4. The van der Waals surface area contributed by atoms with Gasteiger partial charge >= 0.3 is 5.97 Å². The van der Waals surface area contributed by atoms with Crippen LogP contribution in [0, 0.1) is 0 Å². The quantitative estimate of drug-likeness (QED) is 0.522. The zero-order valence-electron chi connectivity index (χ0n) is 15.8. The summed E-state index contributed by atoms with van der Waals surface area (Å²) in [7, 11) is 3.15. The molecule has 0 unspecified atom stereocenters. The number of carbonyl (C=O) groups is 1. The van der Waals surface area contributed by atoms with Gasteiger partial charge in [-0.1, -0.05) is 38.5 Å². The minimum Gasteiger partial charge on any atom is -0.493 e. The van der Waals surface area contributed by atoms with Crippen LogP contribution in [0.15, 0.2) is 29.8 Å². The Labute approximate surface area is 154 Å². The third-order valence-electron chi connectivity index (χ3n) is 4.24. The second kappa shape index (κ2) is 9.25. The molecule has 0 heterocycles. The van der Waals surface area contributed by atoms with Gasteiger partial charge in [0.25, 0.3) is 0 Å². The number of aliphatic carboxylic acids is 1. The van der Waals surface area contributed by atoms with E-state index >= 15 is 0 Å². The summed E-state index contributed by atoms with van der Waals surface area (Å²) in [5.74, 6) is 0.271. The molecule has 0 aliphatic carbocycles. The number of aryl methyl sites for hydroxylation is 1. The maximum atomic E-state index is 11.5. The number of fused-ring (bicyclic) bond motifs is 1. The first-order valence-corrected chi connectivity index (χ1v) is 8.75. The second-order valence-electron chi connectivity index (χ2n) is 5.97. The maximum absolute atomic E-state index is 11.5. The molecule has 5 nitrogen and oxygen atoms in total. The van der Waals surface area contributed by atoms with Gasteiger partial charge in [0.2, 0.25) is 0 Å². The summed E-state index contributed by atoms with van der Waals surface area (Å²) in [5.41, 5.74) is 2.29. The Kier molecular flexibility index (Phi) is 7.04. The lowest BCUT2D eigenvalue weighted by Crippen LogP contribution is -2.04. The fourth-order valence-corrected chi connectivity index (χ4v) is 3.03. The fourth-order valence-electron chi connectivity index (χ4n) is 3.03. The monoisotopic (exact) mass is 358 g/mol. The van der Waals surface area contributed by atoms with E-state index in [0.717, 1.165) is 34.7 Å². The fraction of sp³-hybridized carbons (Fsp3) is 0.381. The lowest BCUT2D eigenvalue weighted by molar-refractivity contribution is -0.132. The summed E-state index contributed by atoms with van der Waals surface area (Å²) in [6, 6.07) is 7.86. The van der Waals surface area contributed by atoms with Crippen LogP contribution in [0.4, 0.5) is 0 Å². The third kappa shape index (κ3) is 4.17. The SMILES string of the molecule is CCCc1cccc2c(/C=C(/CC)C(=O)O)cc(OC)c(OCOC)c12. The van der Waals surface area contributed by atoms with Crippen LogP contribution in [-0.2, 0) is 16.0 Å². The molecule has 0 saturated carbocycles. The van der Waals surface area contributed by atoms with Crippen molar-refractivity contribution in [2.45, 2.75) is 33.1 Å². The molecule has 1 N–H and O–H groups in total. The number of carboxylic acid groups (broad SMARTS) is 1. The molecule has 0 saturated heterocycles. The van der Waals surface area contributed by atoms with Crippen LogP contribution in [0.1, 0.15) is 37.8 Å². The Morgan fingerprint density at radius 1 is 1.23 bits per heavy atom. The molecule has 2 aromatic rings. The first kappa shape index (κ1) is 19.8. The molecule has 0 spiro atoms. The summed E-state index contributed by atoms with van der Waals surface area (Å²) in [6.45, 7) is 4.06. The molecule has 0 aliphatic heterocycles. The highest BCUT2D eigenvalue weighted by Gasteiger charge is 2.17. The second-order valence-corrected chi connectivity index (χ2v) is 5.97. The van der Waals surface area contributed by atoms with Gasteiger partial charge < -0.3 is 19.3 Å². The molecule has 140 valence electrons. The summed E-state index contributed by atoms with van der Waals surface area (Å²) < 4.78 is 16.4. The van der Waals surface area contributed by atoms with Crippen LogP contribution < -0.4 is 9.47 Å². The highest BCUT2D eigenvalue weighted by Crippen LogP contribution is 2.41. The highest BCUT2D eigenvalue weighted by molar-refractivity contribution is 6.02. The van der Waals surface area contributed by atoms with E-state index in [0.29, 0.717) is 23.5 Å². The lowest BCUT2D eigenvalue weighted by atomic mass is 9.95. The zero-order valence-corrected chi connectivity index (χ0v) is 15.8. The van der Waals surface area contributed by atoms with Crippen molar-refractivity contribution in [3.63, 3.8) is 0 Å². The van der Waals surface area contributed by atoms with E-state index in [1.54, 1.807) is 20.3 Å². The van der Waals surface area contributed by atoms with Crippen LogP contribution in [0.5, 0.6) is 11.5 Å². The minimum absolute atomic E-state index is 0.108. The number of rotatable bonds is 9. The number of benzene rings is 2. The van der Waals surface area contributed by atoms with Crippen molar-refractivity contribution < 1.29 is 24.1 Å². The molecule has 0 aliphatic rings. The van der Waals surface area contributed by atoms with E-state index in [2.05, 4.69) is 13.0 Å². The standard InChI is InChI=1S/C21H26O5/c1-5-8-15-9-7-10-17-16(11-14(6-2)21(22)23)12-18(25-4)20(19(15)17)26-13-24-3/h7,9-12H,5-6,8,13H2,1-4H3,(H,22,23)/b14-11-. The molecule has 0 fully saturated rings. The predicted octanol–water partition coefficient (Wildman–Crippen LogP) is 4.66. The largest absolute Gasteiger partial charge is 0.493 e. The van der Waals surface area contributed by atoms with E-state index in [9.17, 15) is 9.90 Å². The van der Waals surface area contributed by atoms with Gasteiger partial charge in [-0.3, -0.25) is 0 Å². The molecular weight excluding hydrogens is 332 g/mol. The number of hydrogen-bond donors (Lipinski definition) is 1. The van der Waals surface area contributed by atoms with Crippen molar-refractivity contribution in [3.05, 3.63) is 41.0 Å². The summed E-state index contributed by atoms with van der Waals surface area (Å²) in [4.78, 5) is 11.5. The maximum Gasteiger partial charge on any atom is 0.331 e. The lowest BCUT2D eigenvalue weighted by Gasteiger charge is -2.18. The normalized spacial score (nSPS) is 11.6. The molecule has 0 radical (unpaired) electrons. The van der Waals surface area contributed by atoms with E-state index in [1.165, 1.54) is 0 Å². The van der Waals surface area contributed by atoms with Gasteiger partial charge in [0.15, 0.2) is 18.3 Å². The van der Waals surface area contributed by atoms with Crippen LogP contribution in [-0.4, -0.2) is 32.1 Å². The summed E-state index contributed by atoms with van der Waals surface area (Å²) in [5, 5.41) is 11.3. The van der Waals surface area contributed by atoms with Gasteiger partial charge in [-0.15, -0.1) is 0 Å². The van der Waals surface area contributed by atoms with Crippen molar-refractivity contribution >= 4 is 22.8 Å². The Morgan fingerprint density at radius 3 is 2.58 bits per heavy atom. The van der Waals surface area contributed by atoms with Crippen LogP contribution in [0.25, 0.3) is 16.8 Å². The van der Waals surface area contributed by atoms with E-state index < -0.39 is 5.97 Å². The van der Waals surface area contributed by atoms with E-state index in [1.807, 2.05) is 25.1 Å². The van der Waals surface area contributed by atoms with E-state index in [-0.39, 0.29) is 6.79 Å². The number of ether oxygens (including phenoxy) is 3. The average Bonchev–Trinajstić information content (AvgIpc) is 2.64. The van der Waals surface area contributed by atoms with Crippen molar-refractivity contribution in [3.8, 4) is 11.5 Å². The Bertz CT molecular complexity index is 808. The van der Waals surface area contributed by atoms with Crippen molar-refractivity contribution in [2.75, 3.05) is 21.0 Å². The first-order valence-electron chi connectivity index (χ1n) is 8.75. The topological polar surface area (TPSA) is 65.0 Å². The summed E-state index contributed by atoms with van der Waals surface area (Å²) >= 11 is 0. The third-order valence-corrected chi connectivity index (χ3v) is 4.24. The van der Waals surface area contributed by atoms with E-state index in [4.69, 9.17) is 14.2 Å². The number of carboxylic acids is 1. The molecular formula is C21H26O5. The van der Waals surface area contributed by atoms with Gasteiger partial charge in [-0.05, 0) is 41.5 Å². The molecule has 2 rings (SSSR count). The highest BCUT2D eigenvalue weighted by atomic mass is 16.7.